The quantitative estimate of drug-likeness (QED) is 0.860. The Morgan fingerprint density at radius 3 is 2.70 bits per heavy atom. The molecule has 120 valence electrons. The average Bonchev–Trinajstić information content (AvgIpc) is 2.55. The fraction of sp³-hybridized carbons (Fsp3) is 0.316. The van der Waals surface area contributed by atoms with Crippen molar-refractivity contribution in [2.75, 3.05) is 11.4 Å². The molecule has 2 aromatic carbocycles. The molecular weight excluding hydrogens is 293 g/mol. The van der Waals surface area contributed by atoms with E-state index in [1.807, 2.05) is 12.1 Å². The molecule has 3 nitrogen and oxygen atoms in total. The average molecular weight is 313 g/mol. The molecular formula is C19H20FNO2. The molecule has 0 saturated carbocycles. The molecule has 4 heteroatoms. The molecule has 0 radical (unpaired) electrons. The van der Waals surface area contributed by atoms with Crippen LogP contribution in [0.3, 0.4) is 0 Å². The Bertz CT molecular complexity index is 712. The third-order valence-corrected chi connectivity index (χ3v) is 4.09. The second-order valence-corrected chi connectivity index (χ2v) is 5.94. The molecule has 2 aromatic rings. The summed E-state index contributed by atoms with van der Waals surface area (Å²) in [5, 5.41) is 0. The highest BCUT2D eigenvalue weighted by Crippen LogP contribution is 2.29. The van der Waals surface area contributed by atoms with Crippen LogP contribution in [-0.4, -0.2) is 18.6 Å². The molecule has 1 amide bonds. The van der Waals surface area contributed by atoms with Gasteiger partial charge in [-0.1, -0.05) is 17.7 Å². The molecule has 23 heavy (non-hydrogen) atoms. The number of carbonyl (C=O) groups is 1. The van der Waals surface area contributed by atoms with E-state index in [-0.39, 0.29) is 11.7 Å². The number of rotatable bonds is 3. The highest BCUT2D eigenvalue weighted by Gasteiger charge is 2.27. The van der Waals surface area contributed by atoms with Gasteiger partial charge in [-0.3, -0.25) is 4.79 Å². The van der Waals surface area contributed by atoms with Crippen molar-refractivity contribution >= 4 is 11.6 Å². The molecule has 0 bridgehead atoms. The monoisotopic (exact) mass is 313 g/mol. The smallest absolute Gasteiger partial charge is 0.267 e. The SMILES string of the molecule is Cc1ccc2c(c1)CCCN2C(=O)C(C)Oc1ccc(F)cc1. The third-order valence-electron chi connectivity index (χ3n) is 4.09. The largest absolute Gasteiger partial charge is 0.481 e. The van der Waals surface area contributed by atoms with Crippen molar-refractivity contribution in [3.8, 4) is 5.75 Å². The summed E-state index contributed by atoms with van der Waals surface area (Å²) in [5.41, 5.74) is 3.38. The molecule has 1 aliphatic rings. The summed E-state index contributed by atoms with van der Waals surface area (Å²) in [6, 6.07) is 11.9. The first kappa shape index (κ1) is 15.5. The highest BCUT2D eigenvalue weighted by molar-refractivity contribution is 5.97. The van der Waals surface area contributed by atoms with Crippen molar-refractivity contribution in [2.24, 2.45) is 0 Å². The summed E-state index contributed by atoms with van der Waals surface area (Å²) >= 11 is 0. The zero-order chi connectivity index (χ0) is 16.4. The number of hydrogen-bond donors (Lipinski definition) is 0. The van der Waals surface area contributed by atoms with Gasteiger partial charge >= 0.3 is 0 Å². The van der Waals surface area contributed by atoms with Crippen LogP contribution < -0.4 is 9.64 Å². The van der Waals surface area contributed by atoms with Crippen LogP contribution in [0.15, 0.2) is 42.5 Å². The number of anilines is 1. The first-order valence-electron chi connectivity index (χ1n) is 7.88. The first-order chi connectivity index (χ1) is 11.0. The summed E-state index contributed by atoms with van der Waals surface area (Å²) in [7, 11) is 0. The van der Waals surface area contributed by atoms with Crippen molar-refractivity contribution in [1.82, 2.24) is 0 Å². The van der Waals surface area contributed by atoms with E-state index in [9.17, 15) is 9.18 Å². The summed E-state index contributed by atoms with van der Waals surface area (Å²) in [5.74, 6) is 0.101. The third kappa shape index (κ3) is 3.36. The van der Waals surface area contributed by atoms with Crippen LogP contribution in [0.1, 0.15) is 24.5 Å². The lowest BCUT2D eigenvalue weighted by Crippen LogP contribution is -2.43. The van der Waals surface area contributed by atoms with Gasteiger partial charge in [0.1, 0.15) is 11.6 Å². The molecule has 0 aliphatic carbocycles. The van der Waals surface area contributed by atoms with E-state index in [0.29, 0.717) is 12.3 Å². The van der Waals surface area contributed by atoms with Crippen LogP contribution in [0.2, 0.25) is 0 Å². The number of aryl methyl sites for hydroxylation is 2. The van der Waals surface area contributed by atoms with Gasteiger partial charge in [-0.05, 0) is 62.6 Å². The van der Waals surface area contributed by atoms with Crippen LogP contribution >= 0.6 is 0 Å². The standard InChI is InChI=1S/C19H20FNO2/c1-13-5-10-18-15(12-13)4-3-11-21(18)19(22)14(2)23-17-8-6-16(20)7-9-17/h5-10,12,14H,3-4,11H2,1-2H3. The summed E-state index contributed by atoms with van der Waals surface area (Å²) in [4.78, 5) is 14.5. The lowest BCUT2D eigenvalue weighted by Gasteiger charge is -2.31. The first-order valence-corrected chi connectivity index (χ1v) is 7.88. The molecule has 1 aliphatic heterocycles. The predicted molar refractivity (Wildman–Crippen MR) is 88.3 cm³/mol. The number of halogens is 1. The number of carbonyl (C=O) groups excluding carboxylic acids is 1. The van der Waals surface area contributed by atoms with E-state index in [1.54, 1.807) is 11.8 Å². The van der Waals surface area contributed by atoms with Gasteiger partial charge in [-0.25, -0.2) is 4.39 Å². The normalized spacial score (nSPS) is 15.0. The Kier molecular flexibility index (Phi) is 4.33. The maximum atomic E-state index is 12.9. The van der Waals surface area contributed by atoms with E-state index in [2.05, 4.69) is 13.0 Å². The summed E-state index contributed by atoms with van der Waals surface area (Å²) in [6.07, 6.45) is 1.33. The minimum atomic E-state index is -0.618. The van der Waals surface area contributed by atoms with Crippen molar-refractivity contribution in [2.45, 2.75) is 32.8 Å². The molecule has 1 heterocycles. The Morgan fingerprint density at radius 2 is 1.96 bits per heavy atom. The van der Waals surface area contributed by atoms with Crippen LogP contribution in [0.5, 0.6) is 5.75 Å². The zero-order valence-corrected chi connectivity index (χ0v) is 13.4. The lowest BCUT2D eigenvalue weighted by atomic mass is 9.99. The van der Waals surface area contributed by atoms with Gasteiger partial charge in [0, 0.05) is 12.2 Å². The van der Waals surface area contributed by atoms with Crippen molar-refractivity contribution in [3.05, 3.63) is 59.4 Å². The van der Waals surface area contributed by atoms with Gasteiger partial charge in [0.05, 0.1) is 0 Å². The number of nitrogens with zero attached hydrogens (tertiary/aromatic N) is 1. The van der Waals surface area contributed by atoms with Gasteiger partial charge in [-0.15, -0.1) is 0 Å². The Balaban J connectivity index is 1.77. The van der Waals surface area contributed by atoms with Gasteiger partial charge in [0.25, 0.3) is 5.91 Å². The van der Waals surface area contributed by atoms with Crippen molar-refractivity contribution in [3.63, 3.8) is 0 Å². The minimum Gasteiger partial charge on any atom is -0.481 e. The number of ether oxygens (including phenoxy) is 1. The highest BCUT2D eigenvalue weighted by atomic mass is 19.1. The van der Waals surface area contributed by atoms with Gasteiger partial charge in [-0.2, -0.15) is 0 Å². The van der Waals surface area contributed by atoms with Gasteiger partial charge in [0.2, 0.25) is 0 Å². The van der Waals surface area contributed by atoms with Gasteiger partial charge < -0.3 is 9.64 Å². The van der Waals surface area contributed by atoms with E-state index in [1.165, 1.54) is 35.4 Å². The number of benzene rings is 2. The molecule has 0 spiro atoms. The number of hydrogen-bond acceptors (Lipinski definition) is 2. The van der Waals surface area contributed by atoms with Crippen molar-refractivity contribution < 1.29 is 13.9 Å². The molecule has 0 N–H and O–H groups in total. The summed E-state index contributed by atoms with van der Waals surface area (Å²) < 4.78 is 18.6. The molecule has 0 saturated heterocycles. The number of amides is 1. The molecule has 1 atom stereocenters. The fourth-order valence-electron chi connectivity index (χ4n) is 2.94. The van der Waals surface area contributed by atoms with E-state index in [4.69, 9.17) is 4.74 Å². The Hall–Kier alpha value is -2.36. The van der Waals surface area contributed by atoms with Crippen LogP contribution in [0.4, 0.5) is 10.1 Å². The zero-order valence-electron chi connectivity index (χ0n) is 13.4. The van der Waals surface area contributed by atoms with Crippen LogP contribution in [0.25, 0.3) is 0 Å². The lowest BCUT2D eigenvalue weighted by molar-refractivity contribution is -0.124. The second kappa shape index (κ2) is 6.41. The molecule has 0 fully saturated rings. The number of fused-ring (bicyclic) bond motifs is 1. The maximum Gasteiger partial charge on any atom is 0.267 e. The van der Waals surface area contributed by atoms with E-state index >= 15 is 0 Å². The topological polar surface area (TPSA) is 29.5 Å². The van der Waals surface area contributed by atoms with Crippen molar-refractivity contribution in [1.29, 1.82) is 0 Å². The van der Waals surface area contributed by atoms with E-state index in [0.717, 1.165) is 18.5 Å². The summed E-state index contributed by atoms with van der Waals surface area (Å²) in [6.45, 7) is 4.49. The molecule has 1 unspecified atom stereocenters. The Labute approximate surface area is 135 Å². The molecule has 0 aromatic heterocycles. The van der Waals surface area contributed by atoms with E-state index < -0.39 is 6.10 Å². The second-order valence-electron chi connectivity index (χ2n) is 5.94. The maximum absolute atomic E-state index is 12.9. The van der Waals surface area contributed by atoms with Crippen LogP contribution in [-0.2, 0) is 11.2 Å². The Morgan fingerprint density at radius 1 is 1.22 bits per heavy atom. The van der Waals surface area contributed by atoms with Crippen LogP contribution in [0, 0.1) is 12.7 Å². The minimum absolute atomic E-state index is 0.0703. The molecule has 3 rings (SSSR count). The van der Waals surface area contributed by atoms with Gasteiger partial charge in [0.15, 0.2) is 6.10 Å². The fourth-order valence-corrected chi connectivity index (χ4v) is 2.94. The predicted octanol–water partition coefficient (Wildman–Crippen LogP) is 3.88.